The Kier molecular flexibility index (Phi) is 9.17. The maximum absolute atomic E-state index is 15.5. The lowest BCUT2D eigenvalue weighted by molar-refractivity contribution is -0.139. The summed E-state index contributed by atoms with van der Waals surface area (Å²) in [5, 5.41) is 18.0. The van der Waals surface area contributed by atoms with Gasteiger partial charge in [0.1, 0.15) is 11.9 Å². The third-order valence-corrected chi connectivity index (χ3v) is 7.36. The van der Waals surface area contributed by atoms with Crippen LogP contribution in [0, 0.1) is 11.8 Å². The van der Waals surface area contributed by atoms with Gasteiger partial charge in [0, 0.05) is 30.7 Å². The summed E-state index contributed by atoms with van der Waals surface area (Å²) in [6, 6.07) is 9.24. The number of aromatic nitrogens is 3. The number of rotatable bonds is 12. The van der Waals surface area contributed by atoms with E-state index in [1.165, 1.54) is 5.56 Å². The monoisotopic (exact) mass is 494 g/mol. The minimum Gasteiger partial charge on any atom is -0.497 e. The number of carbonyl (C=O) groups is 1. The van der Waals surface area contributed by atoms with Crippen molar-refractivity contribution in [2.75, 3.05) is 26.7 Å². The number of carboxylic acid groups (broad SMARTS) is 1. The molecule has 2 aromatic heterocycles. The molecule has 1 unspecified atom stereocenters. The number of halogens is 1. The molecular weight excluding hydrogens is 459 g/mol. The molecular formula is C28H35FN4O3. The molecule has 7 nitrogen and oxygen atoms in total. The third-order valence-electron chi connectivity index (χ3n) is 7.36. The molecule has 1 aliphatic rings. The maximum Gasteiger partial charge on any atom is 0.303 e. The van der Waals surface area contributed by atoms with Crippen molar-refractivity contribution in [2.24, 2.45) is 11.8 Å². The first kappa shape index (κ1) is 25.9. The molecule has 36 heavy (non-hydrogen) atoms. The van der Waals surface area contributed by atoms with Gasteiger partial charge in [-0.25, -0.2) is 4.39 Å². The van der Waals surface area contributed by atoms with Crippen molar-refractivity contribution < 1.29 is 19.0 Å². The topological polar surface area (TPSA) is 88.4 Å². The zero-order valence-electron chi connectivity index (χ0n) is 20.9. The Bertz CT molecular complexity index is 1130. The number of hydrogen-bond acceptors (Lipinski definition) is 6. The standard InChI is InChI=1S/C28H35FN4O3/c1-36-23-6-8-27-25(17-23)24(10-12-30-27)26(29)7-5-21-11-15-33(19-22(21)16-28(34)35)14-3-2-4-20-9-13-31-32-18-20/h6,8-10,12-13,17-18,21-22,26H,2-5,7,11,14-16,19H2,1H3,(H,34,35)/t21-,22+,26?/m1/s1. The van der Waals surface area contributed by atoms with Crippen LogP contribution in [-0.2, 0) is 11.2 Å². The molecule has 8 heteroatoms. The first-order chi connectivity index (χ1) is 17.5. The van der Waals surface area contributed by atoms with Gasteiger partial charge in [0.25, 0.3) is 0 Å². The number of carboxylic acids is 1. The van der Waals surface area contributed by atoms with Crippen LogP contribution in [0.4, 0.5) is 4.39 Å². The molecule has 0 bridgehead atoms. The van der Waals surface area contributed by atoms with E-state index in [0.717, 1.165) is 56.2 Å². The van der Waals surface area contributed by atoms with Gasteiger partial charge in [-0.2, -0.15) is 10.2 Å². The van der Waals surface area contributed by atoms with Crippen molar-refractivity contribution in [1.29, 1.82) is 0 Å². The van der Waals surface area contributed by atoms with E-state index < -0.39 is 12.1 Å². The lowest BCUT2D eigenvalue weighted by atomic mass is 9.79. The minimum absolute atomic E-state index is 0.0436. The van der Waals surface area contributed by atoms with Crippen LogP contribution >= 0.6 is 0 Å². The first-order valence-electron chi connectivity index (χ1n) is 12.8. The SMILES string of the molecule is COc1ccc2nccc(C(F)CC[C@@H]3CCN(CCCCc4ccnnc4)C[C@@H]3CC(=O)O)c2c1. The largest absolute Gasteiger partial charge is 0.497 e. The Labute approximate surface area is 211 Å². The number of aliphatic carboxylic acids is 1. The van der Waals surface area contributed by atoms with E-state index >= 15 is 4.39 Å². The summed E-state index contributed by atoms with van der Waals surface area (Å²) in [4.78, 5) is 18.3. The van der Waals surface area contributed by atoms with E-state index in [9.17, 15) is 9.90 Å². The lowest BCUT2D eigenvalue weighted by Gasteiger charge is -2.38. The molecule has 3 atom stereocenters. The quantitative estimate of drug-likeness (QED) is 0.344. The summed E-state index contributed by atoms with van der Waals surface area (Å²) >= 11 is 0. The number of likely N-dealkylation sites (tertiary alicyclic amines) is 1. The van der Waals surface area contributed by atoms with Gasteiger partial charge < -0.3 is 14.7 Å². The molecule has 192 valence electrons. The summed E-state index contributed by atoms with van der Waals surface area (Å²) in [5.74, 6) is 0.152. The molecule has 0 radical (unpaired) electrons. The van der Waals surface area contributed by atoms with Crippen LogP contribution in [0.15, 0.2) is 48.9 Å². The van der Waals surface area contributed by atoms with E-state index in [1.807, 2.05) is 24.3 Å². The van der Waals surface area contributed by atoms with E-state index in [1.54, 1.807) is 31.8 Å². The second-order valence-electron chi connectivity index (χ2n) is 9.74. The molecule has 0 amide bonds. The number of fused-ring (bicyclic) bond motifs is 1. The van der Waals surface area contributed by atoms with E-state index in [-0.39, 0.29) is 18.3 Å². The second kappa shape index (κ2) is 12.7. The van der Waals surface area contributed by atoms with Crippen molar-refractivity contribution >= 4 is 16.9 Å². The number of hydrogen-bond donors (Lipinski definition) is 1. The predicted molar refractivity (Wildman–Crippen MR) is 137 cm³/mol. The first-order valence-corrected chi connectivity index (χ1v) is 12.8. The number of aryl methyl sites for hydroxylation is 1. The molecule has 1 N–H and O–H groups in total. The number of pyridine rings is 1. The molecule has 3 heterocycles. The van der Waals surface area contributed by atoms with Gasteiger partial charge >= 0.3 is 5.97 Å². The maximum atomic E-state index is 15.5. The number of methoxy groups -OCH3 is 1. The summed E-state index contributed by atoms with van der Waals surface area (Å²) in [6.07, 6.45) is 9.21. The highest BCUT2D eigenvalue weighted by Gasteiger charge is 2.31. The Morgan fingerprint density at radius 1 is 1.19 bits per heavy atom. The highest BCUT2D eigenvalue weighted by molar-refractivity contribution is 5.83. The van der Waals surface area contributed by atoms with Gasteiger partial charge in [-0.3, -0.25) is 9.78 Å². The molecule has 0 spiro atoms. The average molecular weight is 495 g/mol. The number of unbranched alkanes of at least 4 members (excludes halogenated alkanes) is 1. The van der Waals surface area contributed by atoms with Crippen LogP contribution in [0.3, 0.4) is 0 Å². The zero-order valence-corrected chi connectivity index (χ0v) is 20.9. The number of benzene rings is 1. The fraction of sp³-hybridized carbons (Fsp3) is 0.500. The molecule has 3 aromatic rings. The van der Waals surface area contributed by atoms with Crippen LogP contribution in [0.2, 0.25) is 0 Å². The van der Waals surface area contributed by atoms with Crippen molar-refractivity contribution in [1.82, 2.24) is 20.1 Å². The second-order valence-corrected chi connectivity index (χ2v) is 9.74. The van der Waals surface area contributed by atoms with Crippen LogP contribution in [0.5, 0.6) is 5.75 Å². The highest BCUT2D eigenvalue weighted by atomic mass is 19.1. The molecule has 0 aliphatic carbocycles. The van der Waals surface area contributed by atoms with Gasteiger partial charge in [-0.05, 0) is 105 Å². The average Bonchev–Trinajstić information content (AvgIpc) is 2.90. The van der Waals surface area contributed by atoms with Crippen molar-refractivity contribution in [2.45, 2.75) is 51.1 Å². The van der Waals surface area contributed by atoms with Crippen LogP contribution in [0.25, 0.3) is 10.9 Å². The molecule has 1 aromatic carbocycles. The Balaban J connectivity index is 1.31. The molecule has 4 rings (SSSR count). The summed E-state index contributed by atoms with van der Waals surface area (Å²) in [6.45, 7) is 2.65. The van der Waals surface area contributed by atoms with Crippen molar-refractivity contribution in [3.63, 3.8) is 0 Å². The summed E-state index contributed by atoms with van der Waals surface area (Å²) < 4.78 is 20.8. The van der Waals surface area contributed by atoms with Crippen molar-refractivity contribution in [3.05, 3.63) is 60.0 Å². The van der Waals surface area contributed by atoms with E-state index in [0.29, 0.717) is 24.2 Å². The van der Waals surface area contributed by atoms with Gasteiger partial charge in [0.2, 0.25) is 0 Å². The van der Waals surface area contributed by atoms with Crippen LogP contribution in [0.1, 0.15) is 55.8 Å². The number of ether oxygens (including phenoxy) is 1. The number of piperidine rings is 1. The van der Waals surface area contributed by atoms with Crippen molar-refractivity contribution in [3.8, 4) is 5.75 Å². The molecule has 1 aliphatic heterocycles. The minimum atomic E-state index is -1.13. The van der Waals surface area contributed by atoms with Crippen LogP contribution in [-0.4, -0.2) is 57.9 Å². The van der Waals surface area contributed by atoms with Gasteiger partial charge in [-0.1, -0.05) is 0 Å². The smallest absolute Gasteiger partial charge is 0.303 e. The predicted octanol–water partition coefficient (Wildman–Crippen LogP) is 5.26. The molecule has 0 saturated carbocycles. The fourth-order valence-corrected chi connectivity index (χ4v) is 5.39. The fourth-order valence-electron chi connectivity index (χ4n) is 5.39. The van der Waals surface area contributed by atoms with Gasteiger partial charge in [-0.15, -0.1) is 0 Å². The number of nitrogens with zero attached hydrogens (tertiary/aromatic N) is 4. The lowest BCUT2D eigenvalue weighted by Crippen LogP contribution is -2.41. The number of alkyl halides is 1. The van der Waals surface area contributed by atoms with Gasteiger partial charge in [0.15, 0.2) is 0 Å². The van der Waals surface area contributed by atoms with Gasteiger partial charge in [0.05, 0.1) is 18.8 Å². The van der Waals surface area contributed by atoms with E-state index in [4.69, 9.17) is 4.74 Å². The normalized spacial score (nSPS) is 19.3. The third kappa shape index (κ3) is 6.97. The summed E-state index contributed by atoms with van der Waals surface area (Å²) in [7, 11) is 1.59. The zero-order chi connectivity index (χ0) is 25.3. The molecule has 1 fully saturated rings. The Morgan fingerprint density at radius 3 is 2.86 bits per heavy atom. The Hall–Kier alpha value is -3.13. The molecule has 1 saturated heterocycles. The summed E-state index contributed by atoms with van der Waals surface area (Å²) in [5.41, 5.74) is 2.55. The highest BCUT2D eigenvalue weighted by Crippen LogP contribution is 2.36. The van der Waals surface area contributed by atoms with Crippen LogP contribution < -0.4 is 4.74 Å². The Morgan fingerprint density at radius 2 is 2.08 bits per heavy atom. The van der Waals surface area contributed by atoms with E-state index in [2.05, 4.69) is 20.1 Å².